The standard InChI is InChI=1S/C19H21N3O3/c1-4-25-16-7-6-14(9-17(16)24-3)20-11-15-10-19(23)22-12-13(2)5-8-18(22)21-15/h5-10,12,20H,4,11H2,1-3H3. The van der Waals surface area contributed by atoms with Gasteiger partial charge in [-0.15, -0.1) is 0 Å². The summed E-state index contributed by atoms with van der Waals surface area (Å²) in [6.07, 6.45) is 1.79. The van der Waals surface area contributed by atoms with E-state index in [1.54, 1.807) is 23.8 Å². The second-order valence-electron chi connectivity index (χ2n) is 5.67. The molecular formula is C19H21N3O3. The summed E-state index contributed by atoms with van der Waals surface area (Å²) >= 11 is 0. The van der Waals surface area contributed by atoms with Gasteiger partial charge in [0.2, 0.25) is 0 Å². The van der Waals surface area contributed by atoms with E-state index >= 15 is 0 Å². The smallest absolute Gasteiger partial charge is 0.258 e. The SMILES string of the molecule is CCOc1ccc(NCc2cc(=O)n3cc(C)ccc3n2)cc1OC. The first-order valence-electron chi connectivity index (χ1n) is 8.14. The maximum absolute atomic E-state index is 12.2. The Morgan fingerprint density at radius 3 is 2.76 bits per heavy atom. The number of fused-ring (bicyclic) bond motifs is 1. The number of pyridine rings is 1. The molecule has 0 fully saturated rings. The first kappa shape index (κ1) is 16.8. The van der Waals surface area contributed by atoms with Crippen LogP contribution in [0.15, 0.2) is 47.4 Å². The van der Waals surface area contributed by atoms with Gasteiger partial charge in [0.15, 0.2) is 11.5 Å². The molecule has 0 unspecified atom stereocenters. The van der Waals surface area contributed by atoms with Crippen LogP contribution < -0.4 is 20.3 Å². The molecular weight excluding hydrogens is 318 g/mol. The van der Waals surface area contributed by atoms with E-state index in [0.29, 0.717) is 36.0 Å². The van der Waals surface area contributed by atoms with Crippen LogP contribution in [0.25, 0.3) is 5.65 Å². The first-order valence-corrected chi connectivity index (χ1v) is 8.14. The van der Waals surface area contributed by atoms with Crippen molar-refractivity contribution in [2.24, 2.45) is 0 Å². The molecule has 25 heavy (non-hydrogen) atoms. The predicted molar refractivity (Wildman–Crippen MR) is 97.7 cm³/mol. The summed E-state index contributed by atoms with van der Waals surface area (Å²) in [7, 11) is 1.61. The largest absolute Gasteiger partial charge is 0.493 e. The number of hydrogen-bond donors (Lipinski definition) is 1. The molecule has 0 saturated carbocycles. The van der Waals surface area contributed by atoms with Gasteiger partial charge in [0.1, 0.15) is 5.65 Å². The third-order valence-corrected chi connectivity index (χ3v) is 3.80. The second-order valence-corrected chi connectivity index (χ2v) is 5.67. The topological polar surface area (TPSA) is 64.9 Å². The molecule has 0 atom stereocenters. The zero-order chi connectivity index (χ0) is 17.8. The van der Waals surface area contributed by atoms with Crippen molar-refractivity contribution >= 4 is 11.3 Å². The molecule has 0 aliphatic heterocycles. The number of anilines is 1. The van der Waals surface area contributed by atoms with E-state index in [4.69, 9.17) is 9.47 Å². The van der Waals surface area contributed by atoms with Gasteiger partial charge in [-0.05, 0) is 37.6 Å². The highest BCUT2D eigenvalue weighted by Gasteiger charge is 2.07. The van der Waals surface area contributed by atoms with E-state index in [0.717, 1.165) is 11.3 Å². The minimum atomic E-state index is -0.0882. The van der Waals surface area contributed by atoms with E-state index in [1.807, 2.05) is 44.2 Å². The molecule has 6 heteroatoms. The lowest BCUT2D eigenvalue weighted by molar-refractivity contribution is 0.311. The molecule has 6 nitrogen and oxygen atoms in total. The molecule has 0 aliphatic rings. The third kappa shape index (κ3) is 3.74. The molecule has 0 aliphatic carbocycles. The number of ether oxygens (including phenoxy) is 2. The van der Waals surface area contributed by atoms with Crippen molar-refractivity contribution in [3.8, 4) is 11.5 Å². The van der Waals surface area contributed by atoms with Gasteiger partial charge >= 0.3 is 0 Å². The molecule has 1 aromatic carbocycles. The molecule has 1 N–H and O–H groups in total. The number of nitrogens with zero attached hydrogens (tertiary/aromatic N) is 2. The molecule has 0 spiro atoms. The Hall–Kier alpha value is -3.02. The molecule has 0 radical (unpaired) electrons. The lowest BCUT2D eigenvalue weighted by Crippen LogP contribution is -2.17. The minimum absolute atomic E-state index is 0.0882. The van der Waals surface area contributed by atoms with Gasteiger partial charge in [0, 0.05) is 24.0 Å². The summed E-state index contributed by atoms with van der Waals surface area (Å²) in [6, 6.07) is 11.0. The Bertz CT molecular complexity index is 950. The normalized spacial score (nSPS) is 10.7. The Balaban J connectivity index is 1.80. The van der Waals surface area contributed by atoms with Gasteiger partial charge in [-0.25, -0.2) is 4.98 Å². The fraction of sp³-hybridized carbons (Fsp3) is 0.263. The minimum Gasteiger partial charge on any atom is -0.493 e. The van der Waals surface area contributed by atoms with E-state index in [-0.39, 0.29) is 5.56 Å². The average Bonchev–Trinajstić information content (AvgIpc) is 2.61. The molecule has 2 aromatic heterocycles. The van der Waals surface area contributed by atoms with Crippen LogP contribution in [0.1, 0.15) is 18.2 Å². The van der Waals surface area contributed by atoms with Gasteiger partial charge in [-0.2, -0.15) is 0 Å². The van der Waals surface area contributed by atoms with E-state index < -0.39 is 0 Å². The van der Waals surface area contributed by atoms with Gasteiger partial charge in [0.05, 0.1) is 26.0 Å². The summed E-state index contributed by atoms with van der Waals surface area (Å²) in [5, 5.41) is 3.26. The molecule has 3 aromatic rings. The number of benzene rings is 1. The Labute approximate surface area is 146 Å². The Morgan fingerprint density at radius 1 is 1.16 bits per heavy atom. The average molecular weight is 339 g/mol. The lowest BCUT2D eigenvalue weighted by atomic mass is 10.2. The third-order valence-electron chi connectivity index (χ3n) is 3.80. The quantitative estimate of drug-likeness (QED) is 0.748. The molecule has 2 heterocycles. The second kappa shape index (κ2) is 7.25. The van der Waals surface area contributed by atoms with Crippen molar-refractivity contribution in [2.75, 3.05) is 19.0 Å². The van der Waals surface area contributed by atoms with Crippen molar-refractivity contribution in [2.45, 2.75) is 20.4 Å². The van der Waals surface area contributed by atoms with Crippen molar-refractivity contribution in [3.63, 3.8) is 0 Å². The van der Waals surface area contributed by atoms with E-state index in [2.05, 4.69) is 10.3 Å². The summed E-state index contributed by atoms with van der Waals surface area (Å²) in [5.41, 5.74) is 3.12. The maximum Gasteiger partial charge on any atom is 0.258 e. The summed E-state index contributed by atoms with van der Waals surface area (Å²) in [6.45, 7) is 4.89. The highest BCUT2D eigenvalue weighted by atomic mass is 16.5. The molecule has 0 amide bonds. The van der Waals surface area contributed by atoms with Crippen molar-refractivity contribution < 1.29 is 9.47 Å². The van der Waals surface area contributed by atoms with Crippen molar-refractivity contribution in [1.29, 1.82) is 0 Å². The highest BCUT2D eigenvalue weighted by Crippen LogP contribution is 2.30. The maximum atomic E-state index is 12.2. The van der Waals surface area contributed by atoms with Crippen LogP contribution in [0.3, 0.4) is 0 Å². The Morgan fingerprint density at radius 2 is 2.00 bits per heavy atom. The van der Waals surface area contributed by atoms with Gasteiger partial charge < -0.3 is 14.8 Å². The first-order chi connectivity index (χ1) is 12.1. The number of nitrogens with one attached hydrogen (secondary N) is 1. The number of methoxy groups -OCH3 is 1. The molecule has 130 valence electrons. The number of hydrogen-bond acceptors (Lipinski definition) is 5. The van der Waals surface area contributed by atoms with E-state index in [9.17, 15) is 4.79 Å². The van der Waals surface area contributed by atoms with Crippen LogP contribution in [-0.2, 0) is 6.54 Å². The fourth-order valence-electron chi connectivity index (χ4n) is 2.59. The van der Waals surface area contributed by atoms with Gasteiger partial charge in [-0.3, -0.25) is 9.20 Å². The molecule has 3 rings (SSSR count). The number of aryl methyl sites for hydroxylation is 1. The van der Waals surface area contributed by atoms with Crippen LogP contribution in [-0.4, -0.2) is 23.1 Å². The lowest BCUT2D eigenvalue weighted by Gasteiger charge is -2.12. The van der Waals surface area contributed by atoms with Crippen LogP contribution >= 0.6 is 0 Å². The molecule has 0 bridgehead atoms. The van der Waals surface area contributed by atoms with Crippen LogP contribution in [0.4, 0.5) is 5.69 Å². The van der Waals surface area contributed by atoms with Crippen LogP contribution in [0.5, 0.6) is 11.5 Å². The fourth-order valence-corrected chi connectivity index (χ4v) is 2.59. The monoisotopic (exact) mass is 339 g/mol. The summed E-state index contributed by atoms with van der Waals surface area (Å²) in [4.78, 5) is 16.8. The van der Waals surface area contributed by atoms with Gasteiger partial charge in [0.25, 0.3) is 5.56 Å². The summed E-state index contributed by atoms with van der Waals surface area (Å²) < 4.78 is 12.4. The van der Waals surface area contributed by atoms with Crippen molar-refractivity contribution in [3.05, 3.63) is 64.2 Å². The zero-order valence-corrected chi connectivity index (χ0v) is 14.6. The van der Waals surface area contributed by atoms with Crippen molar-refractivity contribution in [1.82, 2.24) is 9.38 Å². The predicted octanol–water partition coefficient (Wildman–Crippen LogP) is 3.02. The number of rotatable bonds is 6. The molecule has 0 saturated heterocycles. The van der Waals surface area contributed by atoms with Gasteiger partial charge in [-0.1, -0.05) is 6.07 Å². The van der Waals surface area contributed by atoms with Crippen LogP contribution in [0.2, 0.25) is 0 Å². The summed E-state index contributed by atoms with van der Waals surface area (Å²) in [5.74, 6) is 1.36. The van der Waals surface area contributed by atoms with E-state index in [1.165, 1.54) is 0 Å². The van der Waals surface area contributed by atoms with Crippen LogP contribution in [0, 0.1) is 6.92 Å². The Kier molecular flexibility index (Phi) is 4.88. The zero-order valence-electron chi connectivity index (χ0n) is 14.6. The number of aromatic nitrogens is 2. The highest BCUT2D eigenvalue weighted by molar-refractivity contribution is 5.55.